The monoisotopic (exact) mass is 656 g/mol. The summed E-state index contributed by atoms with van der Waals surface area (Å²) in [4.78, 5) is 53.0. The molecule has 0 radical (unpaired) electrons. The Morgan fingerprint density at radius 1 is 1.04 bits per heavy atom. The van der Waals surface area contributed by atoms with Gasteiger partial charge in [-0.1, -0.05) is 87.8 Å². The van der Waals surface area contributed by atoms with E-state index >= 15 is 0 Å². The SMILES string of the molecule is COc1ccc(CC2NC(=O)CC(O)CC([C@H](C)/C=C/c3ccccc3)OC(=O)[C@H](CC(C)C)OC(=O)[C@H](C)CNC2=O)c(Cl)c1. The molecule has 1 aliphatic rings. The molecule has 0 spiro atoms. The third-order valence-electron chi connectivity index (χ3n) is 7.70. The molecule has 10 nitrogen and oxygen atoms in total. The summed E-state index contributed by atoms with van der Waals surface area (Å²) >= 11 is 6.43. The number of cyclic esters (lactones) is 2. The molecule has 0 aromatic heterocycles. The molecule has 1 saturated heterocycles. The second-order valence-corrected chi connectivity index (χ2v) is 12.6. The summed E-state index contributed by atoms with van der Waals surface area (Å²) in [6.07, 6.45) is 0.373. The zero-order valence-corrected chi connectivity index (χ0v) is 27.8. The first-order chi connectivity index (χ1) is 21.9. The van der Waals surface area contributed by atoms with E-state index in [1.165, 1.54) is 7.11 Å². The standard InChI is InChI=1S/C35H45ClN2O8/c1-21(2)15-31-35(43)45-30(22(3)11-12-24-9-7-6-8-10-24)17-26(39)18-32(40)38-29(33(41)37-20-23(4)34(42)46-31)16-25-13-14-27(44-5)19-28(25)36/h6-14,19,21-23,26,29-31,39H,15-18,20H2,1-5H3,(H,37,41)(H,38,40)/b12-11+/t22-,23-,26?,29?,30?,31+/m1/s1. The quantitative estimate of drug-likeness (QED) is 0.353. The van der Waals surface area contributed by atoms with Gasteiger partial charge in [0.2, 0.25) is 11.8 Å². The van der Waals surface area contributed by atoms with Crippen LogP contribution in [-0.4, -0.2) is 66.9 Å². The van der Waals surface area contributed by atoms with Crippen molar-refractivity contribution in [2.45, 2.75) is 77.7 Å². The van der Waals surface area contributed by atoms with Crippen LogP contribution in [0.2, 0.25) is 5.02 Å². The van der Waals surface area contributed by atoms with E-state index in [0.717, 1.165) is 5.56 Å². The van der Waals surface area contributed by atoms with Gasteiger partial charge in [0.25, 0.3) is 0 Å². The Hall–Kier alpha value is -3.89. The van der Waals surface area contributed by atoms with Crippen LogP contribution in [-0.2, 0) is 35.1 Å². The Morgan fingerprint density at radius 2 is 1.76 bits per heavy atom. The van der Waals surface area contributed by atoms with Crippen LogP contribution in [0.15, 0.2) is 54.6 Å². The number of hydrogen-bond acceptors (Lipinski definition) is 8. The lowest BCUT2D eigenvalue weighted by Gasteiger charge is -2.28. The zero-order chi connectivity index (χ0) is 33.8. The number of benzene rings is 2. The summed E-state index contributed by atoms with van der Waals surface area (Å²) in [5.74, 6) is -3.17. The third kappa shape index (κ3) is 11.5. The van der Waals surface area contributed by atoms with Crippen molar-refractivity contribution in [3.63, 3.8) is 0 Å². The predicted octanol–water partition coefficient (Wildman–Crippen LogP) is 4.50. The Kier molecular flexibility index (Phi) is 14.1. The molecule has 0 saturated carbocycles. The summed E-state index contributed by atoms with van der Waals surface area (Å²) in [5.41, 5.74) is 1.53. The van der Waals surface area contributed by atoms with E-state index < -0.39 is 54.0 Å². The number of nitrogens with one attached hydrogen (secondary N) is 2. The van der Waals surface area contributed by atoms with Crippen molar-refractivity contribution in [2.24, 2.45) is 17.8 Å². The molecule has 6 atom stereocenters. The van der Waals surface area contributed by atoms with Crippen LogP contribution >= 0.6 is 11.6 Å². The van der Waals surface area contributed by atoms with Crippen LogP contribution in [0.5, 0.6) is 5.75 Å². The number of aliphatic hydroxyl groups excluding tert-OH is 1. The van der Waals surface area contributed by atoms with Gasteiger partial charge in [0, 0.05) is 30.3 Å². The van der Waals surface area contributed by atoms with Gasteiger partial charge in [0.1, 0.15) is 17.9 Å². The highest BCUT2D eigenvalue weighted by Crippen LogP contribution is 2.25. The number of aliphatic hydroxyl groups is 1. The normalized spacial score (nSPS) is 24.6. The first kappa shape index (κ1) is 36.6. The van der Waals surface area contributed by atoms with Crippen molar-refractivity contribution in [1.29, 1.82) is 0 Å². The van der Waals surface area contributed by atoms with Crippen LogP contribution in [0.1, 0.15) is 58.1 Å². The Labute approximate surface area is 275 Å². The van der Waals surface area contributed by atoms with Gasteiger partial charge < -0.3 is 30.0 Å². The Bertz CT molecular complexity index is 1370. The van der Waals surface area contributed by atoms with Gasteiger partial charge in [0.15, 0.2) is 6.10 Å². The van der Waals surface area contributed by atoms with Crippen LogP contribution in [0.25, 0.3) is 6.08 Å². The minimum Gasteiger partial charge on any atom is -0.497 e. The lowest BCUT2D eigenvalue weighted by molar-refractivity contribution is -0.176. The molecule has 2 aromatic carbocycles. The lowest BCUT2D eigenvalue weighted by atomic mass is 9.95. The zero-order valence-electron chi connectivity index (χ0n) is 27.0. The number of esters is 2. The molecule has 46 heavy (non-hydrogen) atoms. The largest absolute Gasteiger partial charge is 0.497 e. The van der Waals surface area contributed by atoms with Gasteiger partial charge in [-0.2, -0.15) is 0 Å². The molecule has 1 aliphatic heterocycles. The molecule has 2 aromatic rings. The molecular formula is C35H45ClN2O8. The van der Waals surface area contributed by atoms with Gasteiger partial charge >= 0.3 is 11.9 Å². The average molecular weight is 657 g/mol. The summed E-state index contributed by atoms with van der Waals surface area (Å²) < 4.78 is 16.7. The van der Waals surface area contributed by atoms with Crippen molar-refractivity contribution in [2.75, 3.05) is 13.7 Å². The third-order valence-corrected chi connectivity index (χ3v) is 8.05. The van der Waals surface area contributed by atoms with E-state index in [-0.39, 0.29) is 44.1 Å². The van der Waals surface area contributed by atoms with Crippen LogP contribution in [0.3, 0.4) is 0 Å². The van der Waals surface area contributed by atoms with Gasteiger partial charge in [-0.15, -0.1) is 0 Å². The van der Waals surface area contributed by atoms with Gasteiger partial charge in [-0.05, 0) is 35.6 Å². The van der Waals surface area contributed by atoms with E-state index in [4.69, 9.17) is 25.8 Å². The molecule has 3 N–H and O–H groups in total. The highest BCUT2D eigenvalue weighted by atomic mass is 35.5. The van der Waals surface area contributed by atoms with Gasteiger partial charge in [-0.3, -0.25) is 14.4 Å². The number of carbonyl (C=O) groups excluding carboxylic acids is 4. The fourth-order valence-electron chi connectivity index (χ4n) is 4.95. The number of carbonyl (C=O) groups is 4. The highest BCUT2D eigenvalue weighted by Gasteiger charge is 2.33. The summed E-state index contributed by atoms with van der Waals surface area (Å²) in [5, 5.41) is 16.8. The topological polar surface area (TPSA) is 140 Å². The molecule has 250 valence electrons. The number of rotatable bonds is 8. The fraction of sp³-hybridized carbons (Fsp3) is 0.486. The maximum atomic E-state index is 13.4. The molecule has 1 fully saturated rings. The molecule has 3 rings (SSSR count). The minimum absolute atomic E-state index is 0.000345. The predicted molar refractivity (Wildman–Crippen MR) is 175 cm³/mol. The van der Waals surface area contributed by atoms with Crippen molar-refractivity contribution < 1.29 is 38.5 Å². The van der Waals surface area contributed by atoms with E-state index in [1.807, 2.05) is 63.3 Å². The minimum atomic E-state index is -1.21. The van der Waals surface area contributed by atoms with Crippen LogP contribution < -0.4 is 15.4 Å². The number of amides is 2. The second kappa shape index (κ2) is 17.7. The Morgan fingerprint density at radius 3 is 2.41 bits per heavy atom. The van der Waals surface area contributed by atoms with E-state index in [0.29, 0.717) is 16.3 Å². The Balaban J connectivity index is 1.90. The first-order valence-corrected chi connectivity index (χ1v) is 16.0. The van der Waals surface area contributed by atoms with E-state index in [2.05, 4.69) is 10.6 Å². The molecule has 0 aliphatic carbocycles. The molecule has 11 heteroatoms. The van der Waals surface area contributed by atoms with Crippen LogP contribution in [0.4, 0.5) is 0 Å². The average Bonchev–Trinajstić information content (AvgIpc) is 3.01. The molecule has 1 heterocycles. The van der Waals surface area contributed by atoms with Crippen molar-refractivity contribution in [3.8, 4) is 5.75 Å². The van der Waals surface area contributed by atoms with Crippen molar-refractivity contribution >= 4 is 41.4 Å². The lowest BCUT2D eigenvalue weighted by Crippen LogP contribution is -2.50. The number of hydrogen-bond donors (Lipinski definition) is 3. The van der Waals surface area contributed by atoms with Crippen molar-refractivity contribution in [3.05, 3.63) is 70.8 Å². The number of ether oxygens (including phenoxy) is 3. The molecule has 2 amide bonds. The summed E-state index contributed by atoms with van der Waals surface area (Å²) in [7, 11) is 1.51. The van der Waals surface area contributed by atoms with Gasteiger partial charge in [0.05, 0.1) is 25.6 Å². The molecular weight excluding hydrogens is 612 g/mol. The smallest absolute Gasteiger partial charge is 0.347 e. The molecule has 3 unspecified atom stereocenters. The number of halogens is 1. The van der Waals surface area contributed by atoms with Crippen LogP contribution in [0, 0.1) is 17.8 Å². The maximum Gasteiger partial charge on any atom is 0.347 e. The molecule has 0 bridgehead atoms. The van der Waals surface area contributed by atoms with E-state index in [9.17, 15) is 24.3 Å². The summed E-state index contributed by atoms with van der Waals surface area (Å²) in [6, 6.07) is 13.5. The van der Waals surface area contributed by atoms with E-state index in [1.54, 1.807) is 25.1 Å². The summed E-state index contributed by atoms with van der Waals surface area (Å²) in [6.45, 7) is 7.10. The first-order valence-electron chi connectivity index (χ1n) is 15.6. The van der Waals surface area contributed by atoms with Crippen molar-refractivity contribution in [1.82, 2.24) is 10.6 Å². The highest BCUT2D eigenvalue weighted by molar-refractivity contribution is 6.31. The fourth-order valence-corrected chi connectivity index (χ4v) is 5.20. The second-order valence-electron chi connectivity index (χ2n) is 12.2. The van der Waals surface area contributed by atoms with Gasteiger partial charge in [-0.25, -0.2) is 4.79 Å². The maximum absolute atomic E-state index is 13.4. The number of methoxy groups -OCH3 is 1.